The Bertz CT molecular complexity index is 1020. The van der Waals surface area contributed by atoms with Crippen LogP contribution in [0, 0.1) is 11.6 Å². The summed E-state index contributed by atoms with van der Waals surface area (Å²) in [4.78, 5) is 25.6. The Labute approximate surface area is 165 Å². The summed E-state index contributed by atoms with van der Waals surface area (Å²) >= 11 is 0. The quantitative estimate of drug-likeness (QED) is 0.665. The maximum Gasteiger partial charge on any atom is 0.341 e. The van der Waals surface area contributed by atoms with Crippen LogP contribution in [0.4, 0.5) is 20.2 Å². The van der Waals surface area contributed by atoms with Gasteiger partial charge >= 0.3 is 5.97 Å². The van der Waals surface area contributed by atoms with Crippen molar-refractivity contribution in [1.82, 2.24) is 9.88 Å². The molecule has 4 rings (SSSR count). The summed E-state index contributed by atoms with van der Waals surface area (Å²) in [5, 5.41) is 12.1. The number of nitrogens with zero attached hydrogens (tertiary/aromatic N) is 2. The van der Waals surface area contributed by atoms with E-state index < -0.39 is 39.7 Å². The van der Waals surface area contributed by atoms with Gasteiger partial charge in [0.05, 0.1) is 16.6 Å². The number of carboxylic acids is 1. The minimum absolute atomic E-state index is 0. The molecule has 1 saturated carbocycles. The number of carboxylic acid groups (broad SMARTS) is 1. The van der Waals surface area contributed by atoms with Crippen molar-refractivity contribution in [3.63, 3.8) is 0 Å². The predicted molar refractivity (Wildman–Crippen MR) is 105 cm³/mol. The number of fused-ring (bicyclic) bond motifs is 1. The number of carbonyl (C=O) groups is 1. The van der Waals surface area contributed by atoms with Crippen LogP contribution < -0.4 is 21.4 Å². The van der Waals surface area contributed by atoms with Gasteiger partial charge < -0.3 is 25.6 Å². The highest BCUT2D eigenvalue weighted by atomic mass is 35.5. The van der Waals surface area contributed by atoms with Gasteiger partial charge in [0.25, 0.3) is 0 Å². The van der Waals surface area contributed by atoms with Crippen LogP contribution in [0.25, 0.3) is 10.9 Å². The van der Waals surface area contributed by atoms with Gasteiger partial charge in [-0.15, -0.1) is 12.4 Å². The summed E-state index contributed by atoms with van der Waals surface area (Å²) in [6.45, 7) is 3.25. The van der Waals surface area contributed by atoms with Gasteiger partial charge in [-0.1, -0.05) is 0 Å². The fourth-order valence-corrected chi connectivity index (χ4v) is 3.76. The Kier molecular flexibility index (Phi) is 5.24. The molecule has 2 aliphatic rings. The minimum atomic E-state index is -1.45. The molecular formula is C18H21ClF2N4O3. The monoisotopic (exact) mass is 414 g/mol. The molecule has 2 aromatic rings. The fourth-order valence-electron chi connectivity index (χ4n) is 3.76. The van der Waals surface area contributed by atoms with Gasteiger partial charge in [-0.25, -0.2) is 13.6 Å². The Morgan fingerprint density at radius 2 is 2.00 bits per heavy atom. The molecule has 1 aromatic carbocycles. The summed E-state index contributed by atoms with van der Waals surface area (Å²) in [5.74, 6) is -3.33. The molecule has 28 heavy (non-hydrogen) atoms. The molecule has 1 atom stereocenters. The van der Waals surface area contributed by atoms with E-state index >= 15 is 8.78 Å². The first-order valence-electron chi connectivity index (χ1n) is 8.88. The smallest absolute Gasteiger partial charge is 0.341 e. The molecule has 1 aliphatic carbocycles. The van der Waals surface area contributed by atoms with Crippen LogP contribution in [0.2, 0.25) is 0 Å². The average Bonchev–Trinajstić information content (AvgIpc) is 3.44. The lowest BCUT2D eigenvalue weighted by atomic mass is 10.1. The highest BCUT2D eigenvalue weighted by molar-refractivity contribution is 5.99. The minimum Gasteiger partial charge on any atom is -0.477 e. The summed E-state index contributed by atoms with van der Waals surface area (Å²) in [6, 6.07) is -0.0881. The molecule has 0 bridgehead atoms. The van der Waals surface area contributed by atoms with E-state index in [1.165, 1.54) is 4.57 Å². The van der Waals surface area contributed by atoms with Crippen LogP contribution in [-0.4, -0.2) is 41.3 Å². The van der Waals surface area contributed by atoms with Gasteiger partial charge in [-0.05, 0) is 19.8 Å². The second kappa shape index (κ2) is 7.21. The van der Waals surface area contributed by atoms with Gasteiger partial charge in [-0.2, -0.15) is 0 Å². The lowest BCUT2D eigenvalue weighted by molar-refractivity contribution is 0.0695. The first kappa shape index (κ1) is 20.3. The average molecular weight is 415 g/mol. The van der Waals surface area contributed by atoms with Crippen molar-refractivity contribution < 1.29 is 18.7 Å². The Hall–Kier alpha value is -2.39. The number of hydrogen-bond donors (Lipinski definition) is 3. The number of anilines is 2. The number of nitrogens with one attached hydrogen (secondary N) is 1. The summed E-state index contributed by atoms with van der Waals surface area (Å²) in [6.07, 6.45) is 2.61. The first-order valence-corrected chi connectivity index (χ1v) is 8.88. The van der Waals surface area contributed by atoms with Crippen LogP contribution in [0.3, 0.4) is 0 Å². The molecule has 1 unspecified atom stereocenters. The maximum absolute atomic E-state index is 15.5. The van der Waals surface area contributed by atoms with Crippen LogP contribution in [0.15, 0.2) is 11.0 Å². The van der Waals surface area contributed by atoms with E-state index in [9.17, 15) is 14.7 Å². The lowest BCUT2D eigenvalue weighted by Gasteiger charge is -2.34. The van der Waals surface area contributed by atoms with E-state index in [2.05, 4.69) is 5.32 Å². The Morgan fingerprint density at radius 1 is 1.32 bits per heavy atom. The van der Waals surface area contributed by atoms with Crippen LogP contribution >= 0.6 is 12.4 Å². The molecule has 2 fully saturated rings. The summed E-state index contributed by atoms with van der Waals surface area (Å²) < 4.78 is 32.0. The normalized spacial score (nSPS) is 19.5. The zero-order valence-corrected chi connectivity index (χ0v) is 16.0. The largest absolute Gasteiger partial charge is 0.477 e. The van der Waals surface area contributed by atoms with Crippen LogP contribution in [-0.2, 0) is 0 Å². The number of benzene rings is 1. The van der Waals surface area contributed by atoms with Gasteiger partial charge in [-0.3, -0.25) is 4.79 Å². The third-order valence-corrected chi connectivity index (χ3v) is 5.22. The SMILES string of the molecule is CC1CN(c2c(F)c(N)c3c(=O)c(C(=O)O)cn(C4CC4)c3c2F)CCN1.Cl. The number of rotatable bonds is 3. The summed E-state index contributed by atoms with van der Waals surface area (Å²) in [5.41, 5.74) is 3.51. The molecule has 4 N–H and O–H groups in total. The molecule has 7 nitrogen and oxygen atoms in total. The molecule has 1 aliphatic heterocycles. The second-order valence-corrected chi connectivity index (χ2v) is 7.23. The topological polar surface area (TPSA) is 101 Å². The van der Waals surface area contributed by atoms with Crippen LogP contribution in [0.5, 0.6) is 0 Å². The third-order valence-electron chi connectivity index (χ3n) is 5.22. The van der Waals surface area contributed by atoms with E-state index in [0.717, 1.165) is 19.0 Å². The van der Waals surface area contributed by atoms with Crippen molar-refractivity contribution in [2.24, 2.45) is 0 Å². The molecule has 0 radical (unpaired) electrons. The standard InChI is InChI=1S/C18H20F2N4O3.ClH/c1-8-6-23(5-4-22-8)16-12(19)14(21)11-15(13(16)20)24(9-2-3-9)7-10(17(11)25)18(26)27;/h7-9,22H,2-6,21H2,1H3,(H,26,27);1H. The van der Waals surface area contributed by atoms with Gasteiger partial charge in [0.15, 0.2) is 11.6 Å². The van der Waals surface area contributed by atoms with Crippen molar-refractivity contribution in [3.05, 3.63) is 33.6 Å². The van der Waals surface area contributed by atoms with Crippen molar-refractivity contribution in [1.29, 1.82) is 0 Å². The Balaban J connectivity index is 0.00000225. The van der Waals surface area contributed by atoms with Crippen molar-refractivity contribution in [2.75, 3.05) is 30.3 Å². The molecule has 1 saturated heterocycles. The zero-order valence-electron chi connectivity index (χ0n) is 15.2. The number of aromatic nitrogens is 1. The van der Waals surface area contributed by atoms with Crippen molar-refractivity contribution in [2.45, 2.75) is 31.8 Å². The third kappa shape index (κ3) is 3.08. The number of nitrogens with two attached hydrogens (primary N) is 1. The predicted octanol–water partition coefficient (Wildman–Crippen LogP) is 2.11. The lowest BCUT2D eigenvalue weighted by Crippen LogP contribution is -2.50. The van der Waals surface area contributed by atoms with E-state index in [0.29, 0.717) is 19.6 Å². The van der Waals surface area contributed by atoms with Gasteiger partial charge in [0, 0.05) is 37.9 Å². The van der Waals surface area contributed by atoms with Crippen LogP contribution in [0.1, 0.15) is 36.2 Å². The number of hydrogen-bond acceptors (Lipinski definition) is 5. The molecule has 1 aromatic heterocycles. The van der Waals surface area contributed by atoms with Crippen molar-refractivity contribution in [3.8, 4) is 0 Å². The second-order valence-electron chi connectivity index (χ2n) is 7.23. The maximum atomic E-state index is 15.5. The summed E-state index contributed by atoms with van der Waals surface area (Å²) in [7, 11) is 0. The highest BCUT2D eigenvalue weighted by Crippen LogP contribution is 2.41. The number of halogens is 3. The molecule has 10 heteroatoms. The first-order chi connectivity index (χ1) is 12.8. The van der Waals surface area contributed by atoms with Gasteiger partial charge in [0.2, 0.25) is 5.43 Å². The number of pyridine rings is 1. The zero-order chi connectivity index (χ0) is 19.5. The van der Waals surface area contributed by atoms with E-state index in [1.807, 2.05) is 6.92 Å². The molecular weight excluding hydrogens is 394 g/mol. The number of aromatic carboxylic acids is 1. The van der Waals surface area contributed by atoms with Crippen molar-refractivity contribution >= 4 is 40.7 Å². The highest BCUT2D eigenvalue weighted by Gasteiger charge is 2.33. The molecule has 152 valence electrons. The molecule has 2 heterocycles. The Morgan fingerprint density at radius 3 is 2.57 bits per heavy atom. The van der Waals surface area contributed by atoms with E-state index in [4.69, 9.17) is 5.73 Å². The van der Waals surface area contributed by atoms with E-state index in [1.54, 1.807) is 4.90 Å². The molecule has 0 amide bonds. The molecule has 0 spiro atoms. The van der Waals surface area contributed by atoms with Gasteiger partial charge in [0.1, 0.15) is 11.3 Å². The number of nitrogen functional groups attached to an aromatic ring is 1. The number of piperazine rings is 1. The van der Waals surface area contributed by atoms with E-state index in [-0.39, 0.29) is 35.7 Å². The fraction of sp³-hybridized carbons (Fsp3) is 0.444.